The first kappa shape index (κ1) is 12.1. The van der Waals surface area contributed by atoms with Crippen molar-refractivity contribution in [1.29, 1.82) is 0 Å². The molecular weight excluding hydrogens is 264 g/mol. The van der Waals surface area contributed by atoms with Crippen LogP contribution in [-0.2, 0) is 13.0 Å². The molecule has 3 heteroatoms. The Bertz CT molecular complexity index is 363. The maximum Gasteiger partial charge on any atom is 0.0236 e. The van der Waals surface area contributed by atoms with Gasteiger partial charge in [0, 0.05) is 29.6 Å². The van der Waals surface area contributed by atoms with E-state index in [0.717, 1.165) is 19.5 Å². The number of nitrogens with one attached hydrogen (secondary N) is 2. The number of fused-ring (bicyclic) bond motifs is 1. The molecule has 1 aliphatic rings. The van der Waals surface area contributed by atoms with E-state index in [-0.39, 0.29) is 0 Å². The van der Waals surface area contributed by atoms with Crippen molar-refractivity contribution in [2.24, 2.45) is 0 Å². The zero-order chi connectivity index (χ0) is 11.5. The fourth-order valence-corrected chi connectivity index (χ4v) is 2.48. The Kier molecular flexibility index (Phi) is 4.00. The minimum absolute atomic E-state index is 0.563. The molecule has 0 amide bonds. The van der Waals surface area contributed by atoms with Crippen LogP contribution >= 0.6 is 15.9 Å². The highest BCUT2D eigenvalue weighted by molar-refractivity contribution is 9.10. The van der Waals surface area contributed by atoms with Crippen LogP contribution in [0, 0.1) is 0 Å². The van der Waals surface area contributed by atoms with Crippen LogP contribution in [0.2, 0.25) is 0 Å². The highest BCUT2D eigenvalue weighted by Gasteiger charge is 2.17. The summed E-state index contributed by atoms with van der Waals surface area (Å²) in [4.78, 5) is 0. The van der Waals surface area contributed by atoms with Gasteiger partial charge in [0.05, 0.1) is 0 Å². The summed E-state index contributed by atoms with van der Waals surface area (Å²) in [7, 11) is 0. The first-order chi connectivity index (χ1) is 7.65. The standard InChI is InChI=1S/C13H19BrN2/c1-9(2)15-8-13-6-10-3-4-12(14)5-11(10)7-16-13/h3-5,9,13,15-16H,6-8H2,1-2H3. The van der Waals surface area contributed by atoms with Crippen molar-refractivity contribution in [2.75, 3.05) is 6.54 Å². The highest BCUT2D eigenvalue weighted by Crippen LogP contribution is 2.21. The van der Waals surface area contributed by atoms with Crippen molar-refractivity contribution in [1.82, 2.24) is 10.6 Å². The lowest BCUT2D eigenvalue weighted by Gasteiger charge is -2.27. The number of rotatable bonds is 3. The molecule has 1 aliphatic heterocycles. The van der Waals surface area contributed by atoms with E-state index in [2.05, 4.69) is 58.6 Å². The zero-order valence-corrected chi connectivity index (χ0v) is 11.5. The molecule has 1 heterocycles. The molecule has 2 N–H and O–H groups in total. The van der Waals surface area contributed by atoms with Gasteiger partial charge in [-0.05, 0) is 29.7 Å². The monoisotopic (exact) mass is 282 g/mol. The first-order valence-corrected chi connectivity index (χ1v) is 6.68. The molecule has 16 heavy (non-hydrogen) atoms. The predicted molar refractivity (Wildman–Crippen MR) is 71.6 cm³/mol. The molecule has 2 nitrogen and oxygen atoms in total. The van der Waals surface area contributed by atoms with Crippen LogP contribution in [0.3, 0.4) is 0 Å². The summed E-state index contributed by atoms with van der Waals surface area (Å²) in [6, 6.07) is 7.72. The van der Waals surface area contributed by atoms with E-state index in [1.165, 1.54) is 15.6 Å². The van der Waals surface area contributed by atoms with Gasteiger partial charge in [0.1, 0.15) is 0 Å². The maximum atomic E-state index is 3.57. The molecule has 88 valence electrons. The van der Waals surface area contributed by atoms with Crippen molar-refractivity contribution < 1.29 is 0 Å². The quantitative estimate of drug-likeness (QED) is 0.890. The molecule has 1 unspecified atom stereocenters. The Morgan fingerprint density at radius 1 is 1.44 bits per heavy atom. The van der Waals surface area contributed by atoms with Crippen molar-refractivity contribution in [3.05, 3.63) is 33.8 Å². The van der Waals surface area contributed by atoms with Gasteiger partial charge in [-0.15, -0.1) is 0 Å². The number of hydrogen-bond donors (Lipinski definition) is 2. The summed E-state index contributed by atoms with van der Waals surface area (Å²) in [6.45, 7) is 6.41. The van der Waals surface area contributed by atoms with Crippen molar-refractivity contribution in [3.63, 3.8) is 0 Å². The number of benzene rings is 1. The van der Waals surface area contributed by atoms with E-state index in [1.54, 1.807) is 0 Å². The van der Waals surface area contributed by atoms with E-state index < -0.39 is 0 Å². The topological polar surface area (TPSA) is 24.1 Å². The smallest absolute Gasteiger partial charge is 0.0236 e. The molecule has 1 atom stereocenters. The second kappa shape index (κ2) is 5.30. The molecule has 0 aliphatic carbocycles. The van der Waals surface area contributed by atoms with Crippen LogP contribution in [0.15, 0.2) is 22.7 Å². The summed E-state index contributed by atoms with van der Waals surface area (Å²) < 4.78 is 1.17. The summed E-state index contributed by atoms with van der Waals surface area (Å²) >= 11 is 3.52. The van der Waals surface area contributed by atoms with Crippen molar-refractivity contribution >= 4 is 15.9 Å². The molecule has 0 bridgehead atoms. The summed E-state index contributed by atoms with van der Waals surface area (Å²) in [5.41, 5.74) is 2.91. The lowest BCUT2D eigenvalue weighted by Crippen LogP contribution is -2.44. The van der Waals surface area contributed by atoms with Gasteiger partial charge in [-0.2, -0.15) is 0 Å². The molecule has 0 radical (unpaired) electrons. The summed E-state index contributed by atoms with van der Waals surface area (Å²) in [6.07, 6.45) is 1.13. The van der Waals surface area contributed by atoms with Crippen molar-refractivity contribution in [2.45, 2.75) is 38.9 Å². The Morgan fingerprint density at radius 2 is 2.25 bits per heavy atom. The minimum Gasteiger partial charge on any atom is -0.313 e. The molecule has 0 saturated carbocycles. The SMILES string of the molecule is CC(C)NCC1Cc2ccc(Br)cc2CN1. The molecule has 1 aromatic rings. The Balaban J connectivity index is 1.98. The number of halogens is 1. The second-order valence-electron chi connectivity index (χ2n) is 4.76. The van der Waals surface area contributed by atoms with Crippen LogP contribution in [0.1, 0.15) is 25.0 Å². The van der Waals surface area contributed by atoms with Gasteiger partial charge < -0.3 is 10.6 Å². The van der Waals surface area contributed by atoms with E-state index in [1.807, 2.05) is 0 Å². The number of hydrogen-bond acceptors (Lipinski definition) is 2. The second-order valence-corrected chi connectivity index (χ2v) is 5.67. The maximum absolute atomic E-state index is 3.57. The van der Waals surface area contributed by atoms with Gasteiger partial charge in [0.2, 0.25) is 0 Å². The summed E-state index contributed by atoms with van der Waals surface area (Å²) in [5.74, 6) is 0. The van der Waals surface area contributed by atoms with Gasteiger partial charge in [-0.3, -0.25) is 0 Å². The van der Waals surface area contributed by atoms with E-state index in [9.17, 15) is 0 Å². The van der Waals surface area contributed by atoms with E-state index in [4.69, 9.17) is 0 Å². The zero-order valence-electron chi connectivity index (χ0n) is 9.89. The molecule has 0 fully saturated rings. The third-order valence-corrected chi connectivity index (χ3v) is 3.48. The molecule has 0 saturated heterocycles. The lowest BCUT2D eigenvalue weighted by molar-refractivity contribution is 0.430. The first-order valence-electron chi connectivity index (χ1n) is 5.89. The van der Waals surface area contributed by atoms with Gasteiger partial charge in [-0.1, -0.05) is 35.8 Å². The molecule has 0 aromatic heterocycles. The van der Waals surface area contributed by atoms with E-state index in [0.29, 0.717) is 12.1 Å². The average molecular weight is 283 g/mol. The summed E-state index contributed by atoms with van der Waals surface area (Å²) in [5, 5.41) is 7.06. The van der Waals surface area contributed by atoms with Crippen LogP contribution in [-0.4, -0.2) is 18.6 Å². The van der Waals surface area contributed by atoms with Gasteiger partial charge in [-0.25, -0.2) is 0 Å². The van der Waals surface area contributed by atoms with Gasteiger partial charge in [0.25, 0.3) is 0 Å². The largest absolute Gasteiger partial charge is 0.313 e. The molecule has 0 spiro atoms. The minimum atomic E-state index is 0.563. The third-order valence-electron chi connectivity index (χ3n) is 2.99. The molecule has 2 rings (SSSR count). The third kappa shape index (κ3) is 3.06. The predicted octanol–water partition coefficient (Wildman–Crippen LogP) is 2.46. The van der Waals surface area contributed by atoms with Crippen molar-refractivity contribution in [3.8, 4) is 0 Å². The molecule has 1 aromatic carbocycles. The van der Waals surface area contributed by atoms with Crippen LogP contribution in [0.4, 0.5) is 0 Å². The van der Waals surface area contributed by atoms with E-state index >= 15 is 0 Å². The average Bonchev–Trinajstić information content (AvgIpc) is 2.26. The molecular formula is C13H19BrN2. The van der Waals surface area contributed by atoms with Crippen LogP contribution in [0.25, 0.3) is 0 Å². The lowest BCUT2D eigenvalue weighted by atomic mass is 9.96. The fraction of sp³-hybridized carbons (Fsp3) is 0.538. The van der Waals surface area contributed by atoms with Gasteiger partial charge >= 0.3 is 0 Å². The normalized spacial score (nSPS) is 19.9. The van der Waals surface area contributed by atoms with Crippen LogP contribution in [0.5, 0.6) is 0 Å². The fourth-order valence-electron chi connectivity index (χ4n) is 2.07. The van der Waals surface area contributed by atoms with Crippen LogP contribution < -0.4 is 10.6 Å². The Morgan fingerprint density at radius 3 is 3.00 bits per heavy atom. The van der Waals surface area contributed by atoms with Gasteiger partial charge in [0.15, 0.2) is 0 Å². The highest BCUT2D eigenvalue weighted by atomic mass is 79.9. The Labute approximate surface area is 106 Å². The Hall–Kier alpha value is -0.380.